The van der Waals surface area contributed by atoms with Crippen molar-refractivity contribution in [2.24, 2.45) is 0 Å². The van der Waals surface area contributed by atoms with Crippen molar-refractivity contribution in [2.45, 2.75) is 0 Å². The zero-order chi connectivity index (χ0) is 17.5. The molecule has 0 aromatic heterocycles. The number of halogens is 2. The van der Waals surface area contributed by atoms with Gasteiger partial charge >= 0.3 is 0 Å². The summed E-state index contributed by atoms with van der Waals surface area (Å²) in [6.07, 6.45) is 0. The van der Waals surface area contributed by atoms with Gasteiger partial charge in [-0.05, 0) is 24.3 Å². The molecule has 2 aromatic carbocycles. The molecule has 24 heavy (non-hydrogen) atoms. The zero-order valence-corrected chi connectivity index (χ0v) is 13.6. The molecule has 0 heterocycles. The highest BCUT2D eigenvalue weighted by Crippen LogP contribution is 2.18. The lowest BCUT2D eigenvalue weighted by Gasteiger charge is -2.05. The monoisotopic (exact) mass is 344 g/mol. The van der Waals surface area contributed by atoms with E-state index in [4.69, 9.17) is 11.6 Å². The van der Waals surface area contributed by atoms with Crippen LogP contribution in [0.1, 0.15) is 26.3 Å². The van der Waals surface area contributed by atoms with Crippen LogP contribution in [0.3, 0.4) is 0 Å². The number of rotatable bonds is 3. The molecule has 0 bridgehead atoms. The van der Waals surface area contributed by atoms with Gasteiger partial charge in [-0.1, -0.05) is 41.6 Å². The first kappa shape index (κ1) is 17.5. The third kappa shape index (κ3) is 4.12. The summed E-state index contributed by atoms with van der Waals surface area (Å²) in [6.45, 7) is -0.00836. The molecule has 0 unspecified atom stereocenters. The molecule has 0 aliphatic rings. The van der Waals surface area contributed by atoms with Crippen molar-refractivity contribution >= 4 is 23.4 Å². The van der Waals surface area contributed by atoms with E-state index >= 15 is 0 Å². The average molecular weight is 345 g/mol. The Morgan fingerprint density at radius 2 is 1.88 bits per heavy atom. The molecule has 122 valence electrons. The summed E-state index contributed by atoms with van der Waals surface area (Å²) in [5.41, 5.74) is 0.762. The van der Waals surface area contributed by atoms with E-state index in [1.165, 1.54) is 19.2 Å². The molecule has 2 amide bonds. The number of amides is 2. The Kier molecular flexibility index (Phi) is 5.94. The van der Waals surface area contributed by atoms with Crippen molar-refractivity contribution in [3.63, 3.8) is 0 Å². The van der Waals surface area contributed by atoms with Gasteiger partial charge in [-0.3, -0.25) is 9.59 Å². The highest BCUT2D eigenvalue weighted by atomic mass is 35.5. The van der Waals surface area contributed by atoms with Crippen LogP contribution in [-0.4, -0.2) is 25.4 Å². The summed E-state index contributed by atoms with van der Waals surface area (Å²) in [5.74, 6) is 3.95. The summed E-state index contributed by atoms with van der Waals surface area (Å²) in [4.78, 5) is 23.7. The van der Waals surface area contributed by atoms with Crippen molar-refractivity contribution < 1.29 is 14.0 Å². The van der Waals surface area contributed by atoms with E-state index in [9.17, 15) is 14.0 Å². The predicted octanol–water partition coefficient (Wildman–Crippen LogP) is 2.62. The van der Waals surface area contributed by atoms with Crippen LogP contribution in [0.4, 0.5) is 4.39 Å². The van der Waals surface area contributed by atoms with Crippen LogP contribution in [0.25, 0.3) is 0 Å². The fraction of sp³-hybridized carbons (Fsp3) is 0.111. The molecule has 0 aliphatic carbocycles. The Morgan fingerprint density at radius 3 is 2.58 bits per heavy atom. The number of nitrogens with one attached hydrogen (secondary N) is 2. The third-order valence-corrected chi connectivity index (χ3v) is 3.46. The van der Waals surface area contributed by atoms with Crippen molar-refractivity contribution in [1.82, 2.24) is 10.6 Å². The van der Waals surface area contributed by atoms with E-state index < -0.39 is 11.7 Å². The number of carbonyl (C=O) groups is 2. The van der Waals surface area contributed by atoms with Gasteiger partial charge in [0.25, 0.3) is 11.8 Å². The lowest BCUT2D eigenvalue weighted by Crippen LogP contribution is -2.25. The molecule has 2 N–H and O–H groups in total. The fourth-order valence-electron chi connectivity index (χ4n) is 1.99. The molecule has 0 atom stereocenters. The maximum Gasteiger partial charge on any atom is 0.256 e. The molecule has 0 aliphatic heterocycles. The van der Waals surface area contributed by atoms with Gasteiger partial charge < -0.3 is 10.6 Å². The second kappa shape index (κ2) is 8.14. The van der Waals surface area contributed by atoms with E-state index in [1.54, 1.807) is 24.3 Å². The Morgan fingerprint density at radius 1 is 1.12 bits per heavy atom. The number of hydrogen-bond acceptors (Lipinski definition) is 2. The molecule has 0 saturated heterocycles. The maximum absolute atomic E-state index is 13.6. The van der Waals surface area contributed by atoms with Crippen LogP contribution in [0.5, 0.6) is 0 Å². The molecule has 0 radical (unpaired) electrons. The van der Waals surface area contributed by atoms with Gasteiger partial charge in [0, 0.05) is 12.6 Å². The Labute approximate surface area is 144 Å². The van der Waals surface area contributed by atoms with E-state index in [2.05, 4.69) is 22.5 Å². The lowest BCUT2D eigenvalue weighted by molar-refractivity contribution is 0.0949. The van der Waals surface area contributed by atoms with Crippen LogP contribution >= 0.6 is 11.6 Å². The van der Waals surface area contributed by atoms with Gasteiger partial charge in [-0.25, -0.2) is 4.39 Å². The summed E-state index contributed by atoms with van der Waals surface area (Å²) >= 11 is 5.82. The van der Waals surface area contributed by atoms with Gasteiger partial charge in [0.2, 0.25) is 0 Å². The van der Waals surface area contributed by atoms with Gasteiger partial charge in [-0.2, -0.15) is 0 Å². The summed E-state index contributed by atoms with van der Waals surface area (Å²) in [7, 11) is 1.53. The summed E-state index contributed by atoms with van der Waals surface area (Å²) in [5, 5.41) is 5.04. The van der Waals surface area contributed by atoms with E-state index in [-0.39, 0.29) is 23.0 Å². The first-order valence-electron chi connectivity index (χ1n) is 7.06. The Bertz CT molecular complexity index is 820. The Hall–Kier alpha value is -2.84. The largest absolute Gasteiger partial charge is 0.355 e. The van der Waals surface area contributed by atoms with Crippen LogP contribution in [0.15, 0.2) is 42.5 Å². The first-order valence-corrected chi connectivity index (χ1v) is 7.44. The fourth-order valence-corrected chi connectivity index (χ4v) is 2.24. The molecule has 6 heteroatoms. The van der Waals surface area contributed by atoms with Crippen LogP contribution < -0.4 is 10.6 Å². The van der Waals surface area contributed by atoms with Crippen molar-refractivity contribution in [3.05, 3.63) is 70.0 Å². The first-order chi connectivity index (χ1) is 11.5. The standard InChI is InChI=1S/C18H14ClFN2O2/c1-21-17(23)13-8-3-2-6-12(13)7-5-11-22-18(24)16-14(19)9-4-10-15(16)20/h2-4,6,8-10H,11H2,1H3,(H,21,23)(H,22,24). The SMILES string of the molecule is CNC(=O)c1ccccc1C#CCNC(=O)c1c(F)cccc1Cl. The minimum atomic E-state index is -0.696. The molecule has 4 nitrogen and oxygen atoms in total. The van der Waals surface area contributed by atoms with Crippen molar-refractivity contribution in [1.29, 1.82) is 0 Å². The van der Waals surface area contributed by atoms with Gasteiger partial charge in [0.05, 0.1) is 22.7 Å². The normalized spacial score (nSPS) is 9.62. The predicted molar refractivity (Wildman–Crippen MR) is 90.5 cm³/mol. The van der Waals surface area contributed by atoms with E-state index in [0.29, 0.717) is 11.1 Å². The minimum Gasteiger partial charge on any atom is -0.355 e. The van der Waals surface area contributed by atoms with E-state index in [0.717, 1.165) is 6.07 Å². The smallest absolute Gasteiger partial charge is 0.256 e. The molecule has 0 spiro atoms. The highest BCUT2D eigenvalue weighted by molar-refractivity contribution is 6.33. The number of hydrogen-bond donors (Lipinski definition) is 2. The van der Waals surface area contributed by atoms with Crippen LogP contribution in [0, 0.1) is 17.7 Å². The van der Waals surface area contributed by atoms with Gasteiger partial charge in [0.15, 0.2) is 0 Å². The molecule has 0 saturated carbocycles. The van der Waals surface area contributed by atoms with Crippen LogP contribution in [0.2, 0.25) is 5.02 Å². The molecule has 2 aromatic rings. The minimum absolute atomic E-state index is 0.00836. The second-order valence-corrected chi connectivity index (χ2v) is 5.11. The molecular weight excluding hydrogens is 331 g/mol. The van der Waals surface area contributed by atoms with Gasteiger partial charge in [-0.15, -0.1) is 0 Å². The van der Waals surface area contributed by atoms with E-state index in [1.807, 2.05) is 0 Å². The lowest BCUT2D eigenvalue weighted by atomic mass is 10.1. The third-order valence-electron chi connectivity index (χ3n) is 3.15. The van der Waals surface area contributed by atoms with Crippen molar-refractivity contribution in [3.8, 4) is 11.8 Å². The maximum atomic E-state index is 13.6. The molecular formula is C18H14ClFN2O2. The number of benzene rings is 2. The molecule has 0 fully saturated rings. The number of carbonyl (C=O) groups excluding carboxylic acids is 2. The Balaban J connectivity index is 2.08. The van der Waals surface area contributed by atoms with Gasteiger partial charge in [0.1, 0.15) is 5.82 Å². The average Bonchev–Trinajstić information content (AvgIpc) is 2.58. The zero-order valence-electron chi connectivity index (χ0n) is 12.8. The summed E-state index contributed by atoms with van der Waals surface area (Å²) in [6, 6.07) is 10.9. The second-order valence-electron chi connectivity index (χ2n) is 4.71. The quantitative estimate of drug-likeness (QED) is 0.841. The summed E-state index contributed by atoms with van der Waals surface area (Å²) < 4.78 is 13.6. The van der Waals surface area contributed by atoms with Crippen molar-refractivity contribution in [2.75, 3.05) is 13.6 Å². The highest BCUT2D eigenvalue weighted by Gasteiger charge is 2.14. The topological polar surface area (TPSA) is 58.2 Å². The molecule has 2 rings (SSSR count). The van der Waals surface area contributed by atoms with Crippen LogP contribution in [-0.2, 0) is 0 Å².